The van der Waals surface area contributed by atoms with Crippen molar-refractivity contribution in [3.63, 3.8) is 0 Å². The van der Waals surface area contributed by atoms with E-state index >= 15 is 0 Å². The number of aromatic amines is 1. The minimum atomic E-state index is 0.148. The highest BCUT2D eigenvalue weighted by Gasteiger charge is 2.21. The minimum Gasteiger partial charge on any atom is -0.493 e. The van der Waals surface area contributed by atoms with E-state index in [1.807, 2.05) is 42.7 Å². The molecular weight excluding hydrogens is 671 g/mol. The summed E-state index contributed by atoms with van der Waals surface area (Å²) >= 11 is 12.1. The maximum absolute atomic E-state index is 6.19. The molecule has 2 aromatic carbocycles. The lowest BCUT2D eigenvalue weighted by atomic mass is 10.2. The van der Waals surface area contributed by atoms with Crippen LogP contribution in [0.1, 0.15) is 42.9 Å². The molecule has 1 aliphatic carbocycles. The van der Waals surface area contributed by atoms with E-state index in [4.69, 9.17) is 42.1 Å². The standard InChI is InChI=1S/C19H22ClN5O2.C14H14ClN5O2/c1-26-14-8-7-12(9-15(14)27-2)10-21-17-16-18(24-19(20)23-17)25(11-22-16)13-5-3-4-6-13;1-21-9-4-3-8(5-10(9)22-2)6-16-12-11-13(18-7-17-11)20-14(15)19-12/h7-9,11,13H,3-6,10H2,1-2H3,(H,21,23,24);3-5,7H,6H2,1-2H3,(H2,16,17,18,19,20). The molecule has 1 fully saturated rings. The fraction of sp³-hybridized carbons (Fsp3) is 0.333. The van der Waals surface area contributed by atoms with E-state index in [9.17, 15) is 0 Å². The number of hydrogen-bond donors (Lipinski definition) is 3. The van der Waals surface area contributed by atoms with Gasteiger partial charge in [0.1, 0.15) is 5.52 Å². The molecule has 0 saturated heterocycles. The lowest BCUT2D eigenvalue weighted by Gasteiger charge is -2.13. The first kappa shape index (κ1) is 33.8. The predicted molar refractivity (Wildman–Crippen MR) is 188 cm³/mol. The number of halogens is 2. The molecule has 0 spiro atoms. The van der Waals surface area contributed by atoms with Crippen LogP contribution in [-0.4, -0.2) is 67.9 Å². The molecule has 1 aliphatic rings. The summed E-state index contributed by atoms with van der Waals surface area (Å²) in [6.07, 6.45) is 8.20. The number of imidazole rings is 2. The Hall–Kier alpha value is -5.08. The van der Waals surface area contributed by atoms with Gasteiger partial charge in [0, 0.05) is 19.1 Å². The van der Waals surface area contributed by atoms with Crippen LogP contribution >= 0.6 is 23.2 Å². The summed E-state index contributed by atoms with van der Waals surface area (Å²) in [6.45, 7) is 1.10. The van der Waals surface area contributed by atoms with Crippen molar-refractivity contribution in [2.24, 2.45) is 0 Å². The maximum Gasteiger partial charge on any atom is 0.226 e. The topological polar surface area (TPSA) is 159 Å². The normalized spacial score (nSPS) is 12.9. The number of benzene rings is 2. The van der Waals surface area contributed by atoms with Crippen LogP contribution in [0, 0.1) is 0 Å². The van der Waals surface area contributed by atoms with Crippen LogP contribution < -0.4 is 29.6 Å². The van der Waals surface area contributed by atoms with Crippen LogP contribution in [0.5, 0.6) is 23.0 Å². The Morgan fingerprint density at radius 3 is 1.92 bits per heavy atom. The highest BCUT2D eigenvalue weighted by atomic mass is 35.5. The lowest BCUT2D eigenvalue weighted by Crippen LogP contribution is -2.06. The zero-order chi connectivity index (χ0) is 34.3. The van der Waals surface area contributed by atoms with Gasteiger partial charge in [-0.3, -0.25) is 0 Å². The molecule has 4 heterocycles. The molecule has 16 heteroatoms. The number of hydrogen-bond acceptors (Lipinski definition) is 12. The van der Waals surface area contributed by atoms with Crippen LogP contribution in [0.2, 0.25) is 10.6 Å². The van der Waals surface area contributed by atoms with Crippen molar-refractivity contribution < 1.29 is 18.9 Å². The van der Waals surface area contributed by atoms with Gasteiger partial charge >= 0.3 is 0 Å². The van der Waals surface area contributed by atoms with Crippen molar-refractivity contribution in [3.8, 4) is 23.0 Å². The Morgan fingerprint density at radius 2 is 1.31 bits per heavy atom. The molecule has 0 amide bonds. The van der Waals surface area contributed by atoms with Gasteiger partial charge in [0.05, 0.1) is 41.1 Å². The fourth-order valence-corrected chi connectivity index (χ4v) is 6.08. The SMILES string of the molecule is COc1ccc(CNc2nc(Cl)nc3c2ncn3C2CCCC2)cc1OC.COc1ccc(CNc2nc(Cl)nc3nc[nH]c23)cc1OC. The third-order valence-electron chi connectivity index (χ3n) is 8.19. The maximum atomic E-state index is 6.19. The molecule has 6 aromatic rings. The van der Waals surface area contributed by atoms with Gasteiger partial charge in [-0.2, -0.15) is 19.9 Å². The second kappa shape index (κ2) is 15.4. The van der Waals surface area contributed by atoms with Crippen molar-refractivity contribution in [1.82, 2.24) is 39.5 Å². The van der Waals surface area contributed by atoms with Crippen molar-refractivity contribution in [2.45, 2.75) is 44.8 Å². The molecule has 0 bridgehead atoms. The van der Waals surface area contributed by atoms with Gasteiger partial charge < -0.3 is 39.1 Å². The van der Waals surface area contributed by atoms with Gasteiger partial charge in [-0.1, -0.05) is 25.0 Å². The molecule has 49 heavy (non-hydrogen) atoms. The third kappa shape index (κ3) is 7.65. The van der Waals surface area contributed by atoms with Crippen LogP contribution in [0.3, 0.4) is 0 Å². The van der Waals surface area contributed by atoms with Gasteiger partial charge in [-0.05, 0) is 71.4 Å². The average Bonchev–Trinajstić information content (AvgIpc) is 3.91. The van der Waals surface area contributed by atoms with E-state index < -0.39 is 0 Å². The van der Waals surface area contributed by atoms with Crippen LogP contribution in [0.15, 0.2) is 49.1 Å². The zero-order valence-corrected chi connectivity index (χ0v) is 29.0. The highest BCUT2D eigenvalue weighted by Crippen LogP contribution is 2.34. The molecule has 0 aliphatic heterocycles. The largest absolute Gasteiger partial charge is 0.493 e. The number of ether oxygens (including phenoxy) is 4. The molecule has 0 atom stereocenters. The molecule has 256 valence electrons. The number of aromatic nitrogens is 8. The van der Waals surface area contributed by atoms with E-state index in [2.05, 4.69) is 50.1 Å². The Morgan fingerprint density at radius 1 is 0.735 bits per heavy atom. The van der Waals surface area contributed by atoms with Gasteiger partial charge in [0.25, 0.3) is 0 Å². The highest BCUT2D eigenvalue weighted by molar-refractivity contribution is 6.29. The number of H-pyrrole nitrogens is 1. The van der Waals surface area contributed by atoms with Crippen molar-refractivity contribution >= 4 is 57.2 Å². The Kier molecular flexibility index (Phi) is 10.6. The average molecular weight is 708 g/mol. The Bertz CT molecular complexity index is 2050. The summed E-state index contributed by atoms with van der Waals surface area (Å²) < 4.78 is 23.3. The summed E-state index contributed by atoms with van der Waals surface area (Å²) in [7, 11) is 6.45. The van der Waals surface area contributed by atoms with Crippen molar-refractivity contribution in [2.75, 3.05) is 39.1 Å². The van der Waals surface area contributed by atoms with E-state index in [1.165, 1.54) is 12.8 Å². The lowest BCUT2D eigenvalue weighted by molar-refractivity contribution is 0.354. The molecule has 1 saturated carbocycles. The van der Waals surface area contributed by atoms with Crippen LogP contribution in [-0.2, 0) is 13.1 Å². The number of nitrogens with one attached hydrogen (secondary N) is 3. The summed E-state index contributed by atoms with van der Waals surface area (Å²) in [4.78, 5) is 28.6. The number of nitrogens with zero attached hydrogens (tertiary/aromatic N) is 7. The number of anilines is 2. The summed E-state index contributed by atoms with van der Waals surface area (Å²) in [6, 6.07) is 11.9. The van der Waals surface area contributed by atoms with Gasteiger partial charge in [0.15, 0.2) is 51.4 Å². The van der Waals surface area contributed by atoms with Gasteiger partial charge in [0.2, 0.25) is 10.6 Å². The second-order valence-corrected chi connectivity index (χ2v) is 11.8. The second-order valence-electron chi connectivity index (χ2n) is 11.1. The third-order valence-corrected chi connectivity index (χ3v) is 8.52. The van der Waals surface area contributed by atoms with Crippen LogP contribution in [0.25, 0.3) is 22.3 Å². The fourth-order valence-electron chi connectivity index (χ4n) is 5.75. The van der Waals surface area contributed by atoms with E-state index in [-0.39, 0.29) is 10.6 Å². The van der Waals surface area contributed by atoms with Crippen molar-refractivity contribution in [3.05, 3.63) is 70.7 Å². The molecule has 3 N–H and O–H groups in total. The quantitative estimate of drug-likeness (QED) is 0.120. The summed E-state index contributed by atoms with van der Waals surface area (Å²) in [5.74, 6) is 3.98. The summed E-state index contributed by atoms with van der Waals surface area (Å²) in [5, 5.41) is 6.91. The zero-order valence-electron chi connectivity index (χ0n) is 27.5. The number of fused-ring (bicyclic) bond motifs is 2. The van der Waals surface area contributed by atoms with E-state index in [1.54, 1.807) is 34.8 Å². The predicted octanol–water partition coefficient (Wildman–Crippen LogP) is 6.86. The number of methoxy groups -OCH3 is 4. The van der Waals surface area contributed by atoms with Gasteiger partial charge in [-0.25, -0.2) is 9.97 Å². The van der Waals surface area contributed by atoms with Crippen LogP contribution in [0.4, 0.5) is 11.6 Å². The Balaban J connectivity index is 0.000000174. The minimum absolute atomic E-state index is 0.148. The van der Waals surface area contributed by atoms with Gasteiger partial charge in [-0.15, -0.1) is 0 Å². The first-order chi connectivity index (χ1) is 23.9. The monoisotopic (exact) mass is 706 g/mol. The molecular formula is C33H36Cl2N10O4. The van der Waals surface area contributed by atoms with E-state index in [0.29, 0.717) is 64.9 Å². The molecule has 0 radical (unpaired) electrons. The molecule has 4 aromatic heterocycles. The first-order valence-corrected chi connectivity index (χ1v) is 16.3. The number of rotatable bonds is 11. The molecule has 7 rings (SSSR count). The first-order valence-electron chi connectivity index (χ1n) is 15.6. The molecule has 0 unspecified atom stereocenters. The van der Waals surface area contributed by atoms with Crippen molar-refractivity contribution in [1.29, 1.82) is 0 Å². The smallest absolute Gasteiger partial charge is 0.226 e. The molecule has 14 nitrogen and oxygen atoms in total. The Labute approximate surface area is 292 Å². The van der Waals surface area contributed by atoms with E-state index in [0.717, 1.165) is 35.1 Å². The summed E-state index contributed by atoms with van der Waals surface area (Å²) in [5.41, 5.74) is 4.81.